The van der Waals surface area contributed by atoms with Crippen molar-refractivity contribution in [3.8, 4) is 22.7 Å². The Balaban J connectivity index is 1.35. The van der Waals surface area contributed by atoms with Crippen LogP contribution in [0.3, 0.4) is 0 Å². The number of aromatic amines is 1. The van der Waals surface area contributed by atoms with Gasteiger partial charge < -0.3 is 14.2 Å². The van der Waals surface area contributed by atoms with E-state index < -0.39 is 0 Å². The summed E-state index contributed by atoms with van der Waals surface area (Å²) in [6.45, 7) is 2.80. The number of rotatable bonds is 3. The molecular formula is C20H17N5O2. The third-order valence-electron chi connectivity index (χ3n) is 5.73. The minimum absolute atomic E-state index is 0.0111. The van der Waals surface area contributed by atoms with Crippen molar-refractivity contribution in [3.63, 3.8) is 0 Å². The largest absolute Gasteiger partial charge is 0.374 e. The smallest absolute Gasteiger partial charge is 0.276 e. The average Bonchev–Trinajstić information content (AvgIpc) is 3.43. The minimum atomic E-state index is -0.0860. The van der Waals surface area contributed by atoms with Crippen LogP contribution in [0.1, 0.15) is 25.6 Å². The predicted molar refractivity (Wildman–Crippen MR) is 97.9 cm³/mol. The lowest BCUT2D eigenvalue weighted by atomic mass is 9.63. The molecule has 134 valence electrons. The number of H-pyrrole nitrogens is 1. The van der Waals surface area contributed by atoms with E-state index in [4.69, 9.17) is 9.26 Å². The van der Waals surface area contributed by atoms with E-state index in [-0.39, 0.29) is 11.0 Å². The van der Waals surface area contributed by atoms with Gasteiger partial charge in [-0.25, -0.2) is 4.98 Å². The molecular weight excluding hydrogens is 342 g/mol. The molecule has 7 heteroatoms. The maximum Gasteiger partial charge on any atom is 0.276 e. The van der Waals surface area contributed by atoms with Gasteiger partial charge in [-0.15, -0.1) is 0 Å². The van der Waals surface area contributed by atoms with E-state index in [1.165, 1.54) is 0 Å². The van der Waals surface area contributed by atoms with Crippen LogP contribution >= 0.6 is 0 Å². The minimum Gasteiger partial charge on any atom is -0.374 e. The van der Waals surface area contributed by atoms with E-state index >= 15 is 0 Å². The maximum atomic E-state index is 5.85. The fraction of sp³-hybridized carbons (Fsp3) is 0.300. The Morgan fingerprint density at radius 2 is 2.04 bits per heavy atom. The number of aromatic nitrogens is 5. The highest BCUT2D eigenvalue weighted by Crippen LogP contribution is 2.57. The number of hydrogen-bond acceptors (Lipinski definition) is 6. The van der Waals surface area contributed by atoms with Crippen molar-refractivity contribution < 1.29 is 9.26 Å². The molecule has 1 saturated carbocycles. The van der Waals surface area contributed by atoms with Gasteiger partial charge in [0.1, 0.15) is 11.3 Å². The number of ether oxygens (including phenoxy) is 1. The fourth-order valence-corrected chi connectivity index (χ4v) is 4.49. The second kappa shape index (κ2) is 5.01. The topological polar surface area (TPSA) is 89.7 Å². The molecule has 0 unspecified atom stereocenters. The highest BCUT2D eigenvalue weighted by molar-refractivity contribution is 5.81. The number of pyridine rings is 2. The van der Waals surface area contributed by atoms with Gasteiger partial charge in [0.25, 0.3) is 5.89 Å². The van der Waals surface area contributed by atoms with Crippen molar-refractivity contribution in [1.29, 1.82) is 0 Å². The molecule has 3 aliphatic rings. The summed E-state index contributed by atoms with van der Waals surface area (Å²) < 4.78 is 11.4. The highest BCUT2D eigenvalue weighted by Gasteiger charge is 2.62. The Hall–Kier alpha value is -3.06. The first-order chi connectivity index (χ1) is 13.1. The summed E-state index contributed by atoms with van der Waals surface area (Å²) >= 11 is 0. The van der Waals surface area contributed by atoms with Crippen molar-refractivity contribution in [1.82, 2.24) is 25.1 Å². The number of nitrogens with zero attached hydrogens (tertiary/aromatic N) is 4. The van der Waals surface area contributed by atoms with Gasteiger partial charge in [0.15, 0.2) is 5.82 Å². The first kappa shape index (κ1) is 15.0. The summed E-state index contributed by atoms with van der Waals surface area (Å²) in [6.07, 6.45) is 7.40. The molecule has 0 spiro atoms. The SMILES string of the molecule is CC12CC(c3noc(-c4cc(-c5cnc6[nH]ccc6c5)ccn4)n3)(CO1)C2. The fourth-order valence-electron chi connectivity index (χ4n) is 4.49. The third-order valence-corrected chi connectivity index (χ3v) is 5.73. The monoisotopic (exact) mass is 359 g/mol. The summed E-state index contributed by atoms with van der Waals surface area (Å²) in [5, 5.41) is 5.30. The van der Waals surface area contributed by atoms with Crippen LogP contribution in [0.5, 0.6) is 0 Å². The molecule has 27 heavy (non-hydrogen) atoms. The standard InChI is InChI=1S/C20H17N5O2/c1-19-9-20(10-19,11-26-19)18-24-17(27-25-18)15-7-12(2-4-21-15)14-6-13-3-5-22-16(13)23-8-14/h2-8H,9-11H2,1H3,(H,22,23). The third kappa shape index (κ3) is 2.18. The van der Waals surface area contributed by atoms with Gasteiger partial charge in [-0.2, -0.15) is 4.98 Å². The van der Waals surface area contributed by atoms with E-state index in [9.17, 15) is 0 Å². The zero-order valence-corrected chi connectivity index (χ0v) is 14.8. The van der Waals surface area contributed by atoms with Gasteiger partial charge in [-0.05, 0) is 49.6 Å². The Morgan fingerprint density at radius 3 is 2.89 bits per heavy atom. The maximum absolute atomic E-state index is 5.85. The summed E-state index contributed by atoms with van der Waals surface area (Å²) in [4.78, 5) is 16.6. The summed E-state index contributed by atoms with van der Waals surface area (Å²) in [6, 6.07) is 8.02. The molecule has 1 N–H and O–H groups in total. The van der Waals surface area contributed by atoms with Gasteiger partial charge in [0.2, 0.25) is 0 Å². The van der Waals surface area contributed by atoms with Gasteiger partial charge in [-0.3, -0.25) is 4.98 Å². The van der Waals surface area contributed by atoms with Crippen LogP contribution in [0.25, 0.3) is 33.7 Å². The molecule has 4 aromatic heterocycles. The van der Waals surface area contributed by atoms with Crippen LogP contribution in [0, 0.1) is 0 Å². The first-order valence-corrected chi connectivity index (χ1v) is 9.01. The van der Waals surface area contributed by atoms with Crippen molar-refractivity contribution in [2.24, 2.45) is 0 Å². The Bertz CT molecular complexity index is 1170. The number of fused-ring (bicyclic) bond motifs is 2. The normalized spacial score (nSPS) is 26.4. The second-order valence-electron chi connectivity index (χ2n) is 7.86. The average molecular weight is 359 g/mol. The molecule has 6 heterocycles. The van der Waals surface area contributed by atoms with Crippen molar-refractivity contribution in [3.05, 3.63) is 48.7 Å². The number of nitrogens with one attached hydrogen (secondary N) is 1. The molecule has 2 bridgehead atoms. The summed E-state index contributed by atoms with van der Waals surface area (Å²) in [5.41, 5.74) is 3.47. The Morgan fingerprint density at radius 1 is 1.11 bits per heavy atom. The van der Waals surface area contributed by atoms with E-state index in [0.29, 0.717) is 18.2 Å². The molecule has 3 fully saturated rings. The lowest BCUT2D eigenvalue weighted by Gasteiger charge is -2.39. The molecule has 2 saturated heterocycles. The van der Waals surface area contributed by atoms with E-state index in [1.54, 1.807) is 6.20 Å². The van der Waals surface area contributed by atoms with Gasteiger partial charge in [0, 0.05) is 29.5 Å². The summed E-state index contributed by atoms with van der Waals surface area (Å²) in [5.74, 6) is 1.17. The van der Waals surface area contributed by atoms with Crippen LogP contribution in [0.2, 0.25) is 0 Å². The molecule has 7 rings (SSSR count). The molecule has 1 aliphatic carbocycles. The van der Waals surface area contributed by atoms with Crippen LogP contribution in [0.15, 0.2) is 47.4 Å². The number of hydrogen-bond donors (Lipinski definition) is 1. The van der Waals surface area contributed by atoms with Gasteiger partial charge in [-0.1, -0.05) is 5.16 Å². The van der Waals surface area contributed by atoms with Crippen LogP contribution in [-0.4, -0.2) is 37.3 Å². The highest BCUT2D eigenvalue weighted by atomic mass is 16.5. The second-order valence-corrected chi connectivity index (χ2v) is 7.86. The molecule has 0 radical (unpaired) electrons. The molecule has 4 aromatic rings. The lowest BCUT2D eigenvalue weighted by molar-refractivity contribution is 0.0147. The molecule has 7 nitrogen and oxygen atoms in total. The van der Waals surface area contributed by atoms with Crippen molar-refractivity contribution >= 4 is 11.0 Å². The van der Waals surface area contributed by atoms with E-state index in [0.717, 1.165) is 40.8 Å². The molecule has 0 aromatic carbocycles. The van der Waals surface area contributed by atoms with Crippen LogP contribution in [-0.2, 0) is 10.2 Å². The zero-order chi connectivity index (χ0) is 18.1. The van der Waals surface area contributed by atoms with Crippen LogP contribution < -0.4 is 0 Å². The van der Waals surface area contributed by atoms with E-state index in [1.807, 2.05) is 30.6 Å². The molecule has 2 aliphatic heterocycles. The quantitative estimate of drug-likeness (QED) is 0.602. The van der Waals surface area contributed by atoms with E-state index in [2.05, 4.69) is 38.1 Å². The summed E-state index contributed by atoms with van der Waals surface area (Å²) in [7, 11) is 0. The van der Waals surface area contributed by atoms with Gasteiger partial charge >= 0.3 is 0 Å². The van der Waals surface area contributed by atoms with Crippen molar-refractivity contribution in [2.75, 3.05) is 6.61 Å². The first-order valence-electron chi connectivity index (χ1n) is 9.01. The molecule has 0 atom stereocenters. The lowest BCUT2D eigenvalue weighted by Crippen LogP contribution is -2.45. The van der Waals surface area contributed by atoms with Crippen molar-refractivity contribution in [2.45, 2.75) is 30.8 Å². The molecule has 0 amide bonds. The zero-order valence-electron chi connectivity index (χ0n) is 14.8. The Kier molecular flexibility index (Phi) is 2.79. The predicted octanol–water partition coefficient (Wildman–Crippen LogP) is 3.50. The van der Waals surface area contributed by atoms with Crippen LogP contribution in [0.4, 0.5) is 0 Å². The van der Waals surface area contributed by atoms with Gasteiger partial charge in [0.05, 0.1) is 17.6 Å². The Labute approximate surface area is 154 Å².